The van der Waals surface area contributed by atoms with Crippen LogP contribution in [0.15, 0.2) is 24.3 Å². The van der Waals surface area contributed by atoms with Crippen molar-refractivity contribution < 1.29 is 9.18 Å². The Kier molecular flexibility index (Phi) is 6.33. The number of Topliss-reactive ketones (excluding diaryl/α,β-unsaturated/α-hetero) is 1. The topological polar surface area (TPSA) is 32.3 Å². The molecule has 2 rings (SSSR count). The number of piperidine rings is 1. The van der Waals surface area contributed by atoms with Crippen LogP contribution in [0.5, 0.6) is 0 Å². The molecule has 21 heavy (non-hydrogen) atoms. The van der Waals surface area contributed by atoms with Gasteiger partial charge in [-0.15, -0.1) is 0 Å². The van der Waals surface area contributed by atoms with Crippen molar-refractivity contribution in [2.45, 2.75) is 38.6 Å². The molecule has 0 unspecified atom stereocenters. The SMILES string of the molecule is CCN(CCCC(=O)c1ccc(F)cc1)C1CCNCC1. The monoisotopic (exact) mass is 292 g/mol. The van der Waals surface area contributed by atoms with Gasteiger partial charge in [-0.3, -0.25) is 4.79 Å². The summed E-state index contributed by atoms with van der Waals surface area (Å²) in [5.41, 5.74) is 0.612. The smallest absolute Gasteiger partial charge is 0.162 e. The fourth-order valence-electron chi connectivity index (χ4n) is 2.99. The van der Waals surface area contributed by atoms with Crippen LogP contribution in [-0.4, -0.2) is 42.9 Å². The molecule has 1 N–H and O–H groups in total. The van der Waals surface area contributed by atoms with Crippen molar-refractivity contribution in [2.24, 2.45) is 0 Å². The summed E-state index contributed by atoms with van der Waals surface area (Å²) in [5.74, 6) is -0.189. The number of ketones is 1. The highest BCUT2D eigenvalue weighted by Gasteiger charge is 2.19. The number of rotatable bonds is 7. The summed E-state index contributed by atoms with van der Waals surface area (Å²) in [6, 6.07) is 6.49. The van der Waals surface area contributed by atoms with E-state index < -0.39 is 0 Å². The van der Waals surface area contributed by atoms with Crippen LogP contribution < -0.4 is 5.32 Å². The normalized spacial score (nSPS) is 16.3. The van der Waals surface area contributed by atoms with E-state index in [9.17, 15) is 9.18 Å². The molecule has 1 aromatic carbocycles. The Morgan fingerprint density at radius 3 is 2.57 bits per heavy atom. The molecule has 1 aliphatic heterocycles. The van der Waals surface area contributed by atoms with E-state index in [-0.39, 0.29) is 11.6 Å². The lowest BCUT2D eigenvalue weighted by atomic mass is 10.0. The third kappa shape index (κ3) is 4.90. The van der Waals surface area contributed by atoms with Crippen LogP contribution in [0.2, 0.25) is 0 Å². The van der Waals surface area contributed by atoms with Gasteiger partial charge in [0.2, 0.25) is 0 Å². The minimum Gasteiger partial charge on any atom is -0.317 e. The van der Waals surface area contributed by atoms with Crippen molar-refractivity contribution in [1.82, 2.24) is 10.2 Å². The summed E-state index contributed by atoms with van der Waals surface area (Å²) >= 11 is 0. The number of halogens is 1. The highest BCUT2D eigenvalue weighted by atomic mass is 19.1. The fourth-order valence-corrected chi connectivity index (χ4v) is 2.99. The maximum Gasteiger partial charge on any atom is 0.162 e. The molecule has 4 heteroatoms. The number of benzene rings is 1. The Balaban J connectivity index is 1.76. The van der Waals surface area contributed by atoms with Crippen LogP contribution in [0.25, 0.3) is 0 Å². The zero-order valence-corrected chi connectivity index (χ0v) is 12.8. The zero-order valence-electron chi connectivity index (χ0n) is 12.8. The van der Waals surface area contributed by atoms with Gasteiger partial charge in [-0.25, -0.2) is 4.39 Å². The third-order valence-electron chi connectivity index (χ3n) is 4.25. The van der Waals surface area contributed by atoms with Gasteiger partial charge in [0.1, 0.15) is 5.82 Å². The van der Waals surface area contributed by atoms with Crippen LogP contribution in [0.4, 0.5) is 4.39 Å². The van der Waals surface area contributed by atoms with E-state index in [1.807, 2.05) is 0 Å². The molecule has 0 radical (unpaired) electrons. The van der Waals surface area contributed by atoms with E-state index in [1.165, 1.54) is 25.0 Å². The van der Waals surface area contributed by atoms with Crippen molar-refractivity contribution in [1.29, 1.82) is 0 Å². The summed E-state index contributed by atoms with van der Waals surface area (Å²) in [5, 5.41) is 3.38. The maximum atomic E-state index is 12.8. The van der Waals surface area contributed by atoms with Gasteiger partial charge >= 0.3 is 0 Å². The van der Waals surface area contributed by atoms with Crippen molar-refractivity contribution in [2.75, 3.05) is 26.2 Å². The molecular weight excluding hydrogens is 267 g/mol. The molecule has 0 bridgehead atoms. The minimum atomic E-state index is -0.297. The molecule has 0 atom stereocenters. The van der Waals surface area contributed by atoms with Crippen LogP contribution >= 0.6 is 0 Å². The number of carbonyl (C=O) groups is 1. The summed E-state index contributed by atoms with van der Waals surface area (Å²) < 4.78 is 12.8. The number of hydrogen-bond donors (Lipinski definition) is 1. The second-order valence-corrected chi connectivity index (χ2v) is 5.64. The Labute approximate surface area is 126 Å². The molecule has 1 aromatic rings. The van der Waals surface area contributed by atoms with Gasteiger partial charge in [-0.2, -0.15) is 0 Å². The Morgan fingerprint density at radius 2 is 1.95 bits per heavy atom. The van der Waals surface area contributed by atoms with E-state index >= 15 is 0 Å². The molecule has 0 aliphatic carbocycles. The summed E-state index contributed by atoms with van der Waals surface area (Å²) in [6.45, 7) is 6.37. The Bertz CT molecular complexity index is 441. The van der Waals surface area contributed by atoms with Crippen molar-refractivity contribution in [3.05, 3.63) is 35.6 Å². The van der Waals surface area contributed by atoms with Crippen LogP contribution in [0.1, 0.15) is 43.0 Å². The molecule has 3 nitrogen and oxygen atoms in total. The highest BCUT2D eigenvalue weighted by molar-refractivity contribution is 5.95. The standard InChI is InChI=1S/C17H25FN2O/c1-2-20(16-9-11-19-12-10-16)13-3-4-17(21)14-5-7-15(18)8-6-14/h5-8,16,19H,2-4,9-13H2,1H3. The van der Waals surface area contributed by atoms with Crippen LogP contribution in [0, 0.1) is 5.82 Å². The molecule has 1 fully saturated rings. The first-order valence-corrected chi connectivity index (χ1v) is 7.94. The van der Waals surface area contributed by atoms with Gasteiger partial charge in [0.15, 0.2) is 5.78 Å². The molecular formula is C17H25FN2O. The van der Waals surface area contributed by atoms with Gasteiger partial charge in [0.25, 0.3) is 0 Å². The van der Waals surface area contributed by atoms with Crippen molar-refractivity contribution >= 4 is 5.78 Å². The first-order chi connectivity index (χ1) is 10.2. The molecule has 116 valence electrons. The van der Waals surface area contributed by atoms with Crippen molar-refractivity contribution in [3.8, 4) is 0 Å². The predicted molar refractivity (Wildman–Crippen MR) is 83.1 cm³/mol. The summed E-state index contributed by atoms with van der Waals surface area (Å²) in [4.78, 5) is 14.5. The van der Waals surface area contributed by atoms with E-state index in [4.69, 9.17) is 0 Å². The quantitative estimate of drug-likeness (QED) is 0.784. The Morgan fingerprint density at radius 1 is 1.29 bits per heavy atom. The van der Waals surface area contributed by atoms with Gasteiger partial charge in [0, 0.05) is 18.0 Å². The predicted octanol–water partition coefficient (Wildman–Crippen LogP) is 2.86. The molecule has 0 aromatic heterocycles. The molecule has 0 amide bonds. The lowest BCUT2D eigenvalue weighted by Gasteiger charge is -2.33. The molecule has 0 spiro atoms. The number of nitrogens with one attached hydrogen (secondary N) is 1. The second kappa shape index (κ2) is 8.25. The van der Waals surface area contributed by atoms with E-state index in [0.717, 1.165) is 32.6 Å². The largest absolute Gasteiger partial charge is 0.317 e. The molecule has 1 saturated heterocycles. The fraction of sp³-hybridized carbons (Fsp3) is 0.588. The highest BCUT2D eigenvalue weighted by Crippen LogP contribution is 2.13. The van der Waals surface area contributed by atoms with E-state index in [1.54, 1.807) is 12.1 Å². The molecule has 1 aliphatic rings. The summed E-state index contributed by atoms with van der Waals surface area (Å²) in [7, 11) is 0. The van der Waals surface area contributed by atoms with Crippen LogP contribution in [0.3, 0.4) is 0 Å². The summed E-state index contributed by atoms with van der Waals surface area (Å²) in [6.07, 6.45) is 3.79. The van der Waals surface area contributed by atoms with Gasteiger partial charge in [-0.05, 0) is 69.7 Å². The lowest BCUT2D eigenvalue weighted by molar-refractivity contribution is 0.0967. The minimum absolute atomic E-state index is 0.108. The van der Waals surface area contributed by atoms with Gasteiger partial charge in [0.05, 0.1) is 0 Å². The van der Waals surface area contributed by atoms with Gasteiger partial charge in [-0.1, -0.05) is 6.92 Å². The number of hydrogen-bond acceptors (Lipinski definition) is 3. The Hall–Kier alpha value is -1.26. The lowest BCUT2D eigenvalue weighted by Crippen LogP contribution is -2.43. The maximum absolute atomic E-state index is 12.8. The third-order valence-corrected chi connectivity index (χ3v) is 4.25. The molecule has 0 saturated carbocycles. The average Bonchev–Trinajstić information content (AvgIpc) is 2.53. The van der Waals surface area contributed by atoms with Gasteiger partial charge < -0.3 is 10.2 Å². The van der Waals surface area contributed by atoms with Crippen molar-refractivity contribution in [3.63, 3.8) is 0 Å². The zero-order chi connectivity index (χ0) is 15.1. The molecule has 1 heterocycles. The number of nitrogens with zero attached hydrogens (tertiary/aromatic N) is 1. The second-order valence-electron chi connectivity index (χ2n) is 5.64. The first kappa shape index (κ1) is 16.1. The number of carbonyl (C=O) groups excluding carboxylic acids is 1. The van der Waals surface area contributed by atoms with E-state index in [2.05, 4.69) is 17.1 Å². The first-order valence-electron chi connectivity index (χ1n) is 7.94. The van der Waals surface area contributed by atoms with Crippen LogP contribution in [-0.2, 0) is 0 Å². The average molecular weight is 292 g/mol. The van der Waals surface area contributed by atoms with E-state index in [0.29, 0.717) is 18.0 Å².